The van der Waals surface area contributed by atoms with Crippen LogP contribution in [0.2, 0.25) is 0 Å². The number of aryl methyl sites for hydroxylation is 1. The number of likely N-dealkylation sites (tertiary alicyclic amines) is 1. The molecule has 4 N–H and O–H groups in total. The van der Waals surface area contributed by atoms with Crippen LogP contribution < -0.4 is 10.6 Å². The normalized spacial score (nSPS) is 22.5. The van der Waals surface area contributed by atoms with E-state index >= 15 is 0 Å². The monoisotopic (exact) mass is 530 g/mol. The first-order chi connectivity index (χ1) is 18.9. The standard InChI is InChI=1S/C30H34N4O5/c35-28(36)26-16-22(17-27(33-26)29(37)38)21-6-3-7-23(15-21)32-30(39)31-12-4-13-34-14-11-20-10-9-19-5-1-2-8-24(19)25(20)18-34/h1-3,5-8,15-16,20,22,25H,4,9-14,17-18H2,(H,35,36)(H,37,38)(H2,31,32,39). The molecular formula is C30H34N4O5. The first kappa shape index (κ1) is 26.6. The average Bonchev–Trinajstić information content (AvgIpc) is 2.95. The molecule has 0 aromatic heterocycles. The molecule has 0 radical (unpaired) electrons. The van der Waals surface area contributed by atoms with E-state index < -0.39 is 17.9 Å². The number of carboxylic acids is 2. The highest BCUT2D eigenvalue weighted by Crippen LogP contribution is 2.41. The van der Waals surface area contributed by atoms with Gasteiger partial charge in [0.2, 0.25) is 0 Å². The Labute approximate surface area is 227 Å². The van der Waals surface area contributed by atoms with Gasteiger partial charge < -0.3 is 25.7 Å². The Morgan fingerprint density at radius 2 is 1.87 bits per heavy atom. The van der Waals surface area contributed by atoms with Crippen LogP contribution in [0.4, 0.5) is 10.5 Å². The predicted octanol–water partition coefficient (Wildman–Crippen LogP) is 4.23. The van der Waals surface area contributed by atoms with Gasteiger partial charge in [-0.05, 0) is 85.5 Å². The van der Waals surface area contributed by atoms with Crippen molar-refractivity contribution in [2.24, 2.45) is 10.9 Å². The number of carbonyl (C=O) groups excluding carboxylic acids is 1. The molecule has 1 aliphatic carbocycles. The molecule has 0 bridgehead atoms. The second kappa shape index (κ2) is 11.8. The van der Waals surface area contributed by atoms with Crippen molar-refractivity contribution in [1.82, 2.24) is 10.2 Å². The summed E-state index contributed by atoms with van der Waals surface area (Å²) in [6.07, 6.45) is 6.08. The fourth-order valence-electron chi connectivity index (χ4n) is 6.11. The van der Waals surface area contributed by atoms with E-state index in [1.165, 1.54) is 36.5 Å². The van der Waals surface area contributed by atoms with Crippen LogP contribution >= 0.6 is 0 Å². The smallest absolute Gasteiger partial charge is 0.354 e. The van der Waals surface area contributed by atoms with Gasteiger partial charge in [-0.1, -0.05) is 36.4 Å². The molecule has 3 unspecified atom stereocenters. The fraction of sp³-hybridized carbons (Fsp3) is 0.400. The van der Waals surface area contributed by atoms with E-state index in [1.54, 1.807) is 24.3 Å². The van der Waals surface area contributed by atoms with Gasteiger partial charge in [-0.2, -0.15) is 0 Å². The van der Waals surface area contributed by atoms with Crippen molar-refractivity contribution in [3.63, 3.8) is 0 Å². The van der Waals surface area contributed by atoms with Gasteiger partial charge in [-0.3, -0.25) is 0 Å². The fourth-order valence-corrected chi connectivity index (χ4v) is 6.11. The summed E-state index contributed by atoms with van der Waals surface area (Å²) in [5.41, 5.74) is 3.78. The van der Waals surface area contributed by atoms with Crippen molar-refractivity contribution in [2.45, 2.75) is 43.9 Å². The molecule has 9 heteroatoms. The lowest BCUT2D eigenvalue weighted by Crippen LogP contribution is -2.42. The van der Waals surface area contributed by atoms with Crippen LogP contribution in [0.1, 0.15) is 54.2 Å². The molecule has 1 fully saturated rings. The number of allylic oxidation sites excluding steroid dienone is 1. The zero-order valence-electron chi connectivity index (χ0n) is 21.8. The number of anilines is 1. The van der Waals surface area contributed by atoms with Gasteiger partial charge in [0.25, 0.3) is 0 Å². The minimum Gasteiger partial charge on any atom is -0.477 e. The highest BCUT2D eigenvalue weighted by Gasteiger charge is 2.34. The average molecular weight is 531 g/mol. The number of benzene rings is 2. The first-order valence-electron chi connectivity index (χ1n) is 13.6. The summed E-state index contributed by atoms with van der Waals surface area (Å²) in [5, 5.41) is 24.4. The molecule has 204 valence electrons. The summed E-state index contributed by atoms with van der Waals surface area (Å²) in [5.74, 6) is -1.60. The molecule has 0 saturated carbocycles. The van der Waals surface area contributed by atoms with Crippen LogP contribution in [0.25, 0.3) is 0 Å². The summed E-state index contributed by atoms with van der Waals surface area (Å²) in [4.78, 5) is 41.6. The topological polar surface area (TPSA) is 131 Å². The van der Waals surface area contributed by atoms with Crippen LogP contribution in [-0.4, -0.2) is 65.0 Å². The number of nitrogens with zero attached hydrogens (tertiary/aromatic N) is 2. The third-order valence-electron chi connectivity index (χ3n) is 8.08. The van der Waals surface area contributed by atoms with Crippen molar-refractivity contribution in [1.29, 1.82) is 0 Å². The number of rotatable bonds is 8. The molecule has 2 aliphatic heterocycles. The summed E-state index contributed by atoms with van der Waals surface area (Å²) >= 11 is 0. The maximum absolute atomic E-state index is 12.5. The molecule has 2 aromatic rings. The summed E-state index contributed by atoms with van der Waals surface area (Å²) in [6.45, 7) is 3.68. The number of amides is 2. The van der Waals surface area contributed by atoms with Gasteiger partial charge in [0.1, 0.15) is 11.4 Å². The molecule has 2 aromatic carbocycles. The van der Waals surface area contributed by atoms with Crippen LogP contribution in [0, 0.1) is 5.92 Å². The van der Waals surface area contributed by atoms with E-state index in [0.717, 1.165) is 32.0 Å². The maximum Gasteiger partial charge on any atom is 0.354 e. The SMILES string of the molecule is O=C(NCCCN1CCC2CCc3ccccc3C2C1)Nc1cccc(C2C=C(C(=O)O)N=C(C(=O)O)C2)c1. The second-order valence-electron chi connectivity index (χ2n) is 10.6. The largest absolute Gasteiger partial charge is 0.477 e. The Bertz CT molecular complexity index is 1320. The molecule has 2 amide bonds. The van der Waals surface area contributed by atoms with Gasteiger partial charge in [-0.25, -0.2) is 19.4 Å². The number of hydrogen-bond donors (Lipinski definition) is 4. The van der Waals surface area contributed by atoms with Gasteiger partial charge in [0, 0.05) is 31.1 Å². The Balaban J connectivity index is 1.10. The minimum atomic E-state index is -1.28. The quantitative estimate of drug-likeness (QED) is 0.378. The van der Waals surface area contributed by atoms with Gasteiger partial charge in [0.15, 0.2) is 0 Å². The molecule has 3 aliphatic rings. The van der Waals surface area contributed by atoms with E-state index in [4.69, 9.17) is 0 Å². The molecule has 9 nitrogen and oxygen atoms in total. The number of carbonyl (C=O) groups is 3. The lowest BCUT2D eigenvalue weighted by atomic mass is 9.71. The van der Waals surface area contributed by atoms with E-state index in [-0.39, 0.29) is 23.9 Å². The van der Waals surface area contributed by atoms with E-state index in [9.17, 15) is 24.6 Å². The number of carboxylic acid groups (broad SMARTS) is 2. The number of piperidine rings is 1. The third kappa shape index (κ3) is 6.37. The zero-order chi connectivity index (χ0) is 27.4. The number of aliphatic imine (C=N–C) groups is 1. The number of hydrogen-bond acceptors (Lipinski definition) is 5. The number of urea groups is 1. The minimum absolute atomic E-state index is 0.0749. The van der Waals surface area contributed by atoms with Crippen LogP contribution in [-0.2, 0) is 16.0 Å². The second-order valence-corrected chi connectivity index (χ2v) is 10.6. The Hall–Kier alpha value is -3.98. The first-order valence-corrected chi connectivity index (χ1v) is 13.6. The van der Waals surface area contributed by atoms with Gasteiger partial charge in [0.05, 0.1) is 0 Å². The predicted molar refractivity (Wildman–Crippen MR) is 148 cm³/mol. The highest BCUT2D eigenvalue weighted by atomic mass is 16.4. The summed E-state index contributed by atoms with van der Waals surface area (Å²) in [6, 6.07) is 15.5. The van der Waals surface area contributed by atoms with Crippen molar-refractivity contribution in [3.8, 4) is 0 Å². The molecule has 0 spiro atoms. The third-order valence-corrected chi connectivity index (χ3v) is 8.08. The van der Waals surface area contributed by atoms with Crippen LogP contribution in [0.3, 0.4) is 0 Å². The van der Waals surface area contributed by atoms with E-state index in [2.05, 4.69) is 44.8 Å². The lowest BCUT2D eigenvalue weighted by molar-refractivity contribution is -0.132. The van der Waals surface area contributed by atoms with Crippen molar-refractivity contribution >= 4 is 29.4 Å². The Morgan fingerprint density at radius 1 is 1.03 bits per heavy atom. The zero-order valence-corrected chi connectivity index (χ0v) is 21.8. The van der Waals surface area contributed by atoms with Crippen molar-refractivity contribution in [3.05, 3.63) is 77.0 Å². The maximum atomic E-state index is 12.5. The molecule has 1 saturated heterocycles. The summed E-state index contributed by atoms with van der Waals surface area (Å²) in [7, 11) is 0. The number of nitrogens with one attached hydrogen (secondary N) is 2. The van der Waals surface area contributed by atoms with Crippen LogP contribution in [0.15, 0.2) is 65.3 Å². The Morgan fingerprint density at radius 3 is 2.69 bits per heavy atom. The molecule has 5 rings (SSSR count). The van der Waals surface area contributed by atoms with E-state index in [0.29, 0.717) is 23.7 Å². The lowest BCUT2D eigenvalue weighted by Gasteiger charge is -2.42. The van der Waals surface area contributed by atoms with Crippen molar-refractivity contribution < 1.29 is 24.6 Å². The highest BCUT2D eigenvalue weighted by molar-refractivity contribution is 6.36. The summed E-state index contributed by atoms with van der Waals surface area (Å²) < 4.78 is 0. The molecular weight excluding hydrogens is 496 g/mol. The number of aliphatic carboxylic acids is 2. The number of fused-ring (bicyclic) bond motifs is 3. The van der Waals surface area contributed by atoms with E-state index in [1.807, 2.05) is 0 Å². The molecule has 3 atom stereocenters. The van der Waals surface area contributed by atoms with Gasteiger partial charge >= 0.3 is 18.0 Å². The Kier molecular flexibility index (Phi) is 8.07. The van der Waals surface area contributed by atoms with Crippen molar-refractivity contribution in [2.75, 3.05) is 31.5 Å². The van der Waals surface area contributed by atoms with Crippen LogP contribution in [0.5, 0.6) is 0 Å². The molecule has 2 heterocycles. The van der Waals surface area contributed by atoms with Gasteiger partial charge in [-0.15, -0.1) is 0 Å². The molecule has 39 heavy (non-hydrogen) atoms.